The summed E-state index contributed by atoms with van der Waals surface area (Å²) in [6.07, 6.45) is 1.00. The third-order valence-corrected chi connectivity index (χ3v) is 8.21. The molecule has 1 amide bonds. The maximum absolute atomic E-state index is 12.9. The van der Waals surface area contributed by atoms with Crippen molar-refractivity contribution in [2.24, 2.45) is 0 Å². The number of ether oxygens (including phenoxy) is 1. The van der Waals surface area contributed by atoms with Crippen molar-refractivity contribution in [2.45, 2.75) is 38.5 Å². The molecule has 1 aliphatic heterocycles. The molecule has 1 fully saturated rings. The molecule has 1 saturated heterocycles. The monoisotopic (exact) mass is 436 g/mol. The van der Waals surface area contributed by atoms with E-state index in [0.29, 0.717) is 50.5 Å². The molecular weight excluding hydrogens is 408 g/mol. The standard InChI is InChI=1S/C21H28N2O4S2/c1-4-27-19-8-6-5-7-18(19)9-10-21(24)22-11-13-23(14-12-22)29(25,26)20-15-16(2)28-17(20)3/h5-8,15H,4,9-14H2,1-3H3. The number of aryl methyl sites for hydroxylation is 3. The third-order valence-electron chi connectivity index (χ3n) is 5.09. The first-order chi connectivity index (χ1) is 13.8. The first-order valence-electron chi connectivity index (χ1n) is 9.88. The summed E-state index contributed by atoms with van der Waals surface area (Å²) in [5.41, 5.74) is 1.02. The normalized spacial score (nSPS) is 15.5. The second-order valence-corrected chi connectivity index (χ2v) is 10.5. The number of hydrogen-bond donors (Lipinski definition) is 0. The van der Waals surface area contributed by atoms with Crippen LogP contribution in [0.1, 0.15) is 28.7 Å². The van der Waals surface area contributed by atoms with E-state index in [-0.39, 0.29) is 5.91 Å². The molecule has 2 heterocycles. The van der Waals surface area contributed by atoms with E-state index < -0.39 is 10.0 Å². The van der Waals surface area contributed by atoms with Gasteiger partial charge in [-0.15, -0.1) is 11.3 Å². The first kappa shape index (κ1) is 21.8. The Morgan fingerprint density at radius 2 is 1.83 bits per heavy atom. The molecule has 0 unspecified atom stereocenters. The number of nitrogens with zero attached hydrogens (tertiary/aromatic N) is 2. The molecule has 6 nitrogen and oxygen atoms in total. The number of para-hydroxylation sites is 1. The molecule has 0 aliphatic carbocycles. The van der Waals surface area contributed by atoms with Crippen LogP contribution in [-0.4, -0.2) is 56.3 Å². The third kappa shape index (κ3) is 4.99. The Hall–Kier alpha value is -1.90. The molecule has 0 atom stereocenters. The van der Waals surface area contributed by atoms with Gasteiger partial charge in [-0.3, -0.25) is 4.79 Å². The summed E-state index contributed by atoms with van der Waals surface area (Å²) >= 11 is 1.49. The highest BCUT2D eigenvalue weighted by atomic mass is 32.2. The highest BCUT2D eigenvalue weighted by Crippen LogP contribution is 2.28. The summed E-state index contributed by atoms with van der Waals surface area (Å²) in [6, 6.07) is 9.50. The maximum atomic E-state index is 12.9. The summed E-state index contributed by atoms with van der Waals surface area (Å²) < 4.78 is 33.0. The minimum Gasteiger partial charge on any atom is -0.494 e. The minimum absolute atomic E-state index is 0.0518. The molecular formula is C21H28N2O4S2. The van der Waals surface area contributed by atoms with E-state index in [4.69, 9.17) is 4.74 Å². The lowest BCUT2D eigenvalue weighted by Gasteiger charge is -2.34. The molecule has 3 rings (SSSR count). The lowest BCUT2D eigenvalue weighted by Crippen LogP contribution is -2.50. The molecule has 29 heavy (non-hydrogen) atoms. The number of sulfonamides is 1. The largest absolute Gasteiger partial charge is 0.494 e. The summed E-state index contributed by atoms with van der Waals surface area (Å²) in [7, 11) is -3.50. The molecule has 1 aromatic carbocycles. The van der Waals surface area contributed by atoms with E-state index in [1.807, 2.05) is 45.0 Å². The zero-order valence-corrected chi connectivity index (χ0v) is 18.8. The van der Waals surface area contributed by atoms with Crippen LogP contribution >= 0.6 is 11.3 Å². The molecule has 0 bridgehead atoms. The predicted molar refractivity (Wildman–Crippen MR) is 115 cm³/mol. The summed E-state index contributed by atoms with van der Waals surface area (Å²) in [5.74, 6) is 0.871. The van der Waals surface area contributed by atoms with Crippen molar-refractivity contribution in [2.75, 3.05) is 32.8 Å². The van der Waals surface area contributed by atoms with Crippen LogP contribution in [0, 0.1) is 13.8 Å². The predicted octanol–water partition coefficient (Wildman–Crippen LogP) is 3.23. The average molecular weight is 437 g/mol. The van der Waals surface area contributed by atoms with Crippen molar-refractivity contribution in [1.29, 1.82) is 0 Å². The summed E-state index contributed by atoms with van der Waals surface area (Å²) in [4.78, 5) is 16.6. The van der Waals surface area contributed by atoms with Crippen LogP contribution in [0.3, 0.4) is 0 Å². The number of piperazine rings is 1. The highest BCUT2D eigenvalue weighted by molar-refractivity contribution is 7.89. The SMILES string of the molecule is CCOc1ccccc1CCC(=O)N1CCN(S(=O)(=O)c2cc(C)sc2C)CC1. The second kappa shape index (κ2) is 9.28. The zero-order chi connectivity index (χ0) is 21.0. The van der Waals surface area contributed by atoms with Gasteiger partial charge in [0.2, 0.25) is 15.9 Å². The fraction of sp³-hybridized carbons (Fsp3) is 0.476. The van der Waals surface area contributed by atoms with Gasteiger partial charge in [0.15, 0.2) is 0 Å². The molecule has 0 saturated carbocycles. The van der Waals surface area contributed by atoms with Crippen LogP contribution in [0.4, 0.5) is 0 Å². The van der Waals surface area contributed by atoms with Crippen LogP contribution < -0.4 is 4.74 Å². The van der Waals surface area contributed by atoms with Crippen LogP contribution in [0.5, 0.6) is 5.75 Å². The molecule has 8 heteroatoms. The van der Waals surface area contributed by atoms with E-state index in [2.05, 4.69) is 0 Å². The Balaban J connectivity index is 1.57. The average Bonchev–Trinajstić information content (AvgIpc) is 3.06. The van der Waals surface area contributed by atoms with Gasteiger partial charge in [0.1, 0.15) is 5.75 Å². The van der Waals surface area contributed by atoms with Crippen molar-refractivity contribution < 1.29 is 17.9 Å². The van der Waals surface area contributed by atoms with E-state index >= 15 is 0 Å². The molecule has 2 aromatic rings. The van der Waals surface area contributed by atoms with Crippen LogP contribution in [-0.2, 0) is 21.2 Å². The fourth-order valence-electron chi connectivity index (χ4n) is 3.59. The van der Waals surface area contributed by atoms with E-state index in [9.17, 15) is 13.2 Å². The number of amides is 1. The van der Waals surface area contributed by atoms with Crippen molar-refractivity contribution in [3.8, 4) is 5.75 Å². The number of carbonyl (C=O) groups excluding carboxylic acids is 1. The molecule has 1 aromatic heterocycles. The smallest absolute Gasteiger partial charge is 0.244 e. The molecule has 158 valence electrons. The van der Waals surface area contributed by atoms with Crippen molar-refractivity contribution in [3.05, 3.63) is 45.6 Å². The van der Waals surface area contributed by atoms with Crippen molar-refractivity contribution in [3.63, 3.8) is 0 Å². The topological polar surface area (TPSA) is 66.9 Å². The quantitative estimate of drug-likeness (QED) is 0.668. The first-order valence-corrected chi connectivity index (χ1v) is 12.1. The molecule has 0 spiro atoms. The van der Waals surface area contributed by atoms with Gasteiger partial charge in [0.25, 0.3) is 0 Å². The summed E-state index contributed by atoms with van der Waals surface area (Å²) in [5, 5.41) is 0. The lowest BCUT2D eigenvalue weighted by atomic mass is 10.1. The number of rotatable bonds is 7. The Kier molecular flexibility index (Phi) is 6.97. The van der Waals surface area contributed by atoms with Gasteiger partial charge < -0.3 is 9.64 Å². The Morgan fingerprint density at radius 3 is 2.45 bits per heavy atom. The van der Waals surface area contributed by atoms with E-state index in [1.54, 1.807) is 11.0 Å². The highest BCUT2D eigenvalue weighted by Gasteiger charge is 2.31. The lowest BCUT2D eigenvalue weighted by molar-refractivity contribution is -0.132. The van der Waals surface area contributed by atoms with E-state index in [0.717, 1.165) is 21.1 Å². The Labute approximate surface area is 177 Å². The van der Waals surface area contributed by atoms with Crippen molar-refractivity contribution >= 4 is 27.3 Å². The van der Waals surface area contributed by atoms with Gasteiger partial charge in [0, 0.05) is 42.4 Å². The van der Waals surface area contributed by atoms with Gasteiger partial charge in [-0.2, -0.15) is 4.31 Å². The van der Waals surface area contributed by atoms with Gasteiger partial charge >= 0.3 is 0 Å². The van der Waals surface area contributed by atoms with Gasteiger partial charge in [-0.05, 0) is 44.9 Å². The fourth-order valence-corrected chi connectivity index (χ4v) is 6.53. The van der Waals surface area contributed by atoms with Gasteiger partial charge in [-0.25, -0.2) is 8.42 Å². The van der Waals surface area contributed by atoms with Crippen LogP contribution in [0.15, 0.2) is 35.2 Å². The van der Waals surface area contributed by atoms with E-state index in [1.165, 1.54) is 15.6 Å². The maximum Gasteiger partial charge on any atom is 0.244 e. The molecule has 0 N–H and O–H groups in total. The van der Waals surface area contributed by atoms with Crippen molar-refractivity contribution in [1.82, 2.24) is 9.21 Å². The van der Waals surface area contributed by atoms with Crippen LogP contribution in [0.2, 0.25) is 0 Å². The summed E-state index contributed by atoms with van der Waals surface area (Å²) in [6.45, 7) is 7.79. The number of benzene rings is 1. The second-order valence-electron chi connectivity index (χ2n) is 7.10. The van der Waals surface area contributed by atoms with Gasteiger partial charge in [-0.1, -0.05) is 18.2 Å². The zero-order valence-electron chi connectivity index (χ0n) is 17.2. The number of thiophene rings is 1. The van der Waals surface area contributed by atoms with Gasteiger partial charge in [0.05, 0.1) is 11.5 Å². The van der Waals surface area contributed by atoms with Crippen LogP contribution in [0.25, 0.3) is 0 Å². The molecule has 1 aliphatic rings. The minimum atomic E-state index is -3.50. The number of hydrogen-bond acceptors (Lipinski definition) is 5. The molecule has 0 radical (unpaired) electrons. The Bertz CT molecular complexity index is 961. The Morgan fingerprint density at radius 1 is 1.14 bits per heavy atom. The number of carbonyl (C=O) groups is 1.